The molecule has 0 atom stereocenters. The summed E-state index contributed by atoms with van der Waals surface area (Å²) < 4.78 is 40.9. The van der Waals surface area contributed by atoms with E-state index in [1.54, 1.807) is 28.8 Å². The van der Waals surface area contributed by atoms with Gasteiger partial charge in [0.1, 0.15) is 12.4 Å². The van der Waals surface area contributed by atoms with Gasteiger partial charge in [-0.2, -0.15) is 0 Å². The Morgan fingerprint density at radius 3 is 2.33 bits per heavy atom. The second kappa shape index (κ2) is 6.81. The van der Waals surface area contributed by atoms with Gasteiger partial charge in [-0.05, 0) is 51.1 Å². The largest absolute Gasteiger partial charge is 0.350 e. The first-order chi connectivity index (χ1) is 12.6. The molecular formula is C20H21FN2O3S. The van der Waals surface area contributed by atoms with Crippen LogP contribution in [0.2, 0.25) is 0 Å². The quantitative estimate of drug-likeness (QED) is 0.695. The fourth-order valence-electron chi connectivity index (χ4n) is 2.91. The molecule has 0 saturated heterocycles. The van der Waals surface area contributed by atoms with Crippen molar-refractivity contribution >= 4 is 26.6 Å². The van der Waals surface area contributed by atoms with Crippen LogP contribution in [0.3, 0.4) is 0 Å². The number of carbonyl (C=O) groups excluding carboxylic acids is 1. The Morgan fingerprint density at radius 2 is 1.70 bits per heavy atom. The lowest BCUT2D eigenvalue weighted by atomic mass is 10.1. The van der Waals surface area contributed by atoms with E-state index in [9.17, 15) is 17.6 Å². The molecule has 7 heteroatoms. The highest BCUT2D eigenvalue weighted by atomic mass is 32.2. The van der Waals surface area contributed by atoms with E-state index >= 15 is 0 Å². The monoisotopic (exact) mass is 388 g/mol. The average molecular weight is 388 g/mol. The van der Waals surface area contributed by atoms with Gasteiger partial charge in [0.25, 0.3) is 0 Å². The number of fused-ring (bicyclic) bond motifs is 1. The molecule has 0 aliphatic carbocycles. The Hall–Kier alpha value is -2.67. The second-order valence-corrected chi connectivity index (χ2v) is 9.31. The highest BCUT2D eigenvalue weighted by Gasteiger charge is 2.24. The zero-order chi connectivity index (χ0) is 19.8. The van der Waals surface area contributed by atoms with Crippen molar-refractivity contribution in [2.24, 2.45) is 0 Å². The van der Waals surface area contributed by atoms with Crippen LogP contribution in [0.25, 0.3) is 10.9 Å². The normalized spacial score (nSPS) is 12.3. The smallest absolute Gasteiger partial charge is 0.240 e. The molecular weight excluding hydrogens is 367 g/mol. The summed E-state index contributed by atoms with van der Waals surface area (Å²) in [7, 11) is -3.85. The number of carbonyl (C=O) groups is 1. The SMILES string of the molecule is CC(C)(C)NC(=O)Cn1cc(S(=O)(=O)c2ccc(F)cc2)c2ccccc21. The molecule has 0 spiro atoms. The topological polar surface area (TPSA) is 68.2 Å². The molecule has 1 aromatic heterocycles. The summed E-state index contributed by atoms with van der Waals surface area (Å²) in [6.45, 7) is 5.63. The van der Waals surface area contributed by atoms with E-state index in [0.29, 0.717) is 10.9 Å². The molecule has 0 fully saturated rings. The molecule has 0 radical (unpaired) electrons. The average Bonchev–Trinajstić information content (AvgIpc) is 2.93. The number of benzene rings is 2. The highest BCUT2D eigenvalue weighted by Crippen LogP contribution is 2.30. The zero-order valence-electron chi connectivity index (χ0n) is 15.4. The van der Waals surface area contributed by atoms with Crippen LogP contribution >= 0.6 is 0 Å². The summed E-state index contributed by atoms with van der Waals surface area (Å²) in [6.07, 6.45) is 1.46. The third-order valence-corrected chi connectivity index (χ3v) is 5.79. The van der Waals surface area contributed by atoms with Gasteiger partial charge in [-0.1, -0.05) is 18.2 Å². The van der Waals surface area contributed by atoms with Gasteiger partial charge in [-0.25, -0.2) is 12.8 Å². The van der Waals surface area contributed by atoms with E-state index in [-0.39, 0.29) is 27.8 Å². The van der Waals surface area contributed by atoms with Gasteiger partial charge in [0.2, 0.25) is 15.7 Å². The van der Waals surface area contributed by atoms with Gasteiger partial charge in [0, 0.05) is 22.6 Å². The van der Waals surface area contributed by atoms with Crippen molar-refractivity contribution in [3.63, 3.8) is 0 Å². The van der Waals surface area contributed by atoms with Crippen molar-refractivity contribution in [1.82, 2.24) is 9.88 Å². The summed E-state index contributed by atoms with van der Waals surface area (Å²) in [4.78, 5) is 12.4. The van der Waals surface area contributed by atoms with Gasteiger partial charge < -0.3 is 9.88 Å². The first-order valence-electron chi connectivity index (χ1n) is 8.47. The lowest BCUT2D eigenvalue weighted by molar-refractivity contribution is -0.123. The van der Waals surface area contributed by atoms with Crippen LogP contribution in [-0.4, -0.2) is 24.4 Å². The number of halogens is 1. The van der Waals surface area contributed by atoms with Gasteiger partial charge in [0.05, 0.1) is 9.79 Å². The first kappa shape index (κ1) is 19.1. The van der Waals surface area contributed by atoms with Crippen LogP contribution in [-0.2, 0) is 21.2 Å². The van der Waals surface area contributed by atoms with Crippen LogP contribution in [0.5, 0.6) is 0 Å². The van der Waals surface area contributed by atoms with E-state index in [0.717, 1.165) is 12.1 Å². The number of amides is 1. The summed E-state index contributed by atoms with van der Waals surface area (Å²) in [5, 5.41) is 3.39. The maximum atomic E-state index is 13.2. The molecule has 3 rings (SSSR count). The molecule has 0 saturated carbocycles. The Labute approximate surface area is 157 Å². The molecule has 1 heterocycles. The predicted molar refractivity (Wildman–Crippen MR) is 102 cm³/mol. The van der Waals surface area contributed by atoms with Gasteiger partial charge in [0.15, 0.2) is 0 Å². The van der Waals surface area contributed by atoms with Crippen LogP contribution in [0.1, 0.15) is 20.8 Å². The van der Waals surface area contributed by atoms with E-state index in [1.165, 1.54) is 18.3 Å². The fourth-order valence-corrected chi connectivity index (χ4v) is 4.39. The predicted octanol–water partition coefficient (Wildman–Crippen LogP) is 3.53. The van der Waals surface area contributed by atoms with Crippen molar-refractivity contribution in [3.05, 3.63) is 60.5 Å². The number of para-hydroxylation sites is 1. The number of nitrogens with zero attached hydrogens (tertiary/aromatic N) is 1. The molecule has 3 aromatic rings. The summed E-state index contributed by atoms with van der Waals surface area (Å²) in [6, 6.07) is 11.7. The summed E-state index contributed by atoms with van der Waals surface area (Å²) in [5.41, 5.74) is 0.255. The molecule has 0 aliphatic heterocycles. The van der Waals surface area contributed by atoms with E-state index in [1.807, 2.05) is 20.8 Å². The molecule has 0 bridgehead atoms. The number of hydrogen-bond acceptors (Lipinski definition) is 3. The minimum atomic E-state index is -3.85. The van der Waals surface area contributed by atoms with Crippen molar-refractivity contribution in [1.29, 1.82) is 0 Å². The molecule has 1 N–H and O–H groups in total. The zero-order valence-corrected chi connectivity index (χ0v) is 16.2. The molecule has 0 unspecified atom stereocenters. The van der Waals surface area contributed by atoms with Gasteiger partial charge in [-0.15, -0.1) is 0 Å². The van der Waals surface area contributed by atoms with Gasteiger partial charge >= 0.3 is 0 Å². The Balaban J connectivity index is 2.07. The maximum Gasteiger partial charge on any atom is 0.240 e. The molecule has 27 heavy (non-hydrogen) atoms. The van der Waals surface area contributed by atoms with Crippen molar-refractivity contribution < 1.29 is 17.6 Å². The van der Waals surface area contributed by atoms with Crippen molar-refractivity contribution in [2.75, 3.05) is 0 Å². The summed E-state index contributed by atoms with van der Waals surface area (Å²) >= 11 is 0. The van der Waals surface area contributed by atoms with Gasteiger partial charge in [-0.3, -0.25) is 4.79 Å². The minimum absolute atomic E-state index is 0.00325. The van der Waals surface area contributed by atoms with Crippen LogP contribution in [0, 0.1) is 5.82 Å². The number of hydrogen-bond donors (Lipinski definition) is 1. The van der Waals surface area contributed by atoms with E-state index in [2.05, 4.69) is 5.32 Å². The Morgan fingerprint density at radius 1 is 1.07 bits per heavy atom. The third-order valence-electron chi connectivity index (χ3n) is 3.99. The summed E-state index contributed by atoms with van der Waals surface area (Å²) in [5.74, 6) is -0.718. The van der Waals surface area contributed by atoms with Crippen LogP contribution < -0.4 is 5.32 Å². The lowest BCUT2D eigenvalue weighted by Gasteiger charge is -2.20. The fraction of sp³-hybridized carbons (Fsp3) is 0.250. The lowest BCUT2D eigenvalue weighted by Crippen LogP contribution is -2.42. The number of nitrogens with one attached hydrogen (secondary N) is 1. The third kappa shape index (κ3) is 4.03. The first-order valence-corrected chi connectivity index (χ1v) is 9.96. The van der Waals surface area contributed by atoms with Crippen LogP contribution in [0.4, 0.5) is 4.39 Å². The second-order valence-electron chi connectivity index (χ2n) is 7.39. The number of sulfone groups is 1. The Kier molecular flexibility index (Phi) is 4.82. The molecule has 142 valence electrons. The van der Waals surface area contributed by atoms with E-state index in [4.69, 9.17) is 0 Å². The van der Waals surface area contributed by atoms with Crippen molar-refractivity contribution in [2.45, 2.75) is 42.6 Å². The number of aromatic nitrogens is 1. The Bertz CT molecular complexity index is 1090. The minimum Gasteiger partial charge on any atom is -0.350 e. The maximum absolute atomic E-state index is 13.2. The molecule has 1 amide bonds. The molecule has 0 aliphatic rings. The molecule has 5 nitrogen and oxygen atoms in total. The van der Waals surface area contributed by atoms with Crippen LogP contribution in [0.15, 0.2) is 64.5 Å². The van der Waals surface area contributed by atoms with Crippen molar-refractivity contribution in [3.8, 4) is 0 Å². The highest BCUT2D eigenvalue weighted by molar-refractivity contribution is 7.91. The van der Waals surface area contributed by atoms with E-state index < -0.39 is 15.7 Å². The number of rotatable bonds is 4. The standard InChI is InChI=1S/C20H21FN2O3S/c1-20(2,3)22-19(24)13-23-12-18(16-6-4-5-7-17(16)23)27(25,26)15-10-8-14(21)9-11-15/h4-12H,13H2,1-3H3,(H,22,24). The molecule has 2 aromatic carbocycles.